The second kappa shape index (κ2) is 7.44. The van der Waals surface area contributed by atoms with E-state index in [4.69, 9.17) is 10.2 Å². The first-order chi connectivity index (χ1) is 10.9. The first-order valence-electron chi connectivity index (χ1n) is 7.23. The predicted molar refractivity (Wildman–Crippen MR) is 85.1 cm³/mol. The van der Waals surface area contributed by atoms with Gasteiger partial charge in [0, 0.05) is 25.9 Å². The van der Waals surface area contributed by atoms with Crippen molar-refractivity contribution in [2.45, 2.75) is 13.3 Å². The van der Waals surface area contributed by atoms with Crippen LogP contribution in [0, 0.1) is 12.8 Å². The van der Waals surface area contributed by atoms with Crippen molar-refractivity contribution < 1.29 is 14.0 Å². The fourth-order valence-corrected chi connectivity index (χ4v) is 2.12. The molecule has 1 atom stereocenters. The lowest BCUT2D eigenvalue weighted by molar-refractivity contribution is -0.122. The van der Waals surface area contributed by atoms with Crippen LogP contribution in [-0.2, 0) is 23.1 Å². The number of furan rings is 1. The van der Waals surface area contributed by atoms with Crippen LogP contribution in [0.1, 0.15) is 17.1 Å². The van der Waals surface area contributed by atoms with Gasteiger partial charge in [-0.15, -0.1) is 0 Å². The van der Waals surface area contributed by atoms with E-state index in [1.54, 1.807) is 30.1 Å². The van der Waals surface area contributed by atoms with Gasteiger partial charge in [0.25, 0.3) is 0 Å². The largest absolute Gasteiger partial charge is 0.462 e. The summed E-state index contributed by atoms with van der Waals surface area (Å²) in [6.07, 6.45) is 6.86. The molecule has 2 aromatic rings. The second-order valence-corrected chi connectivity index (χ2v) is 5.35. The summed E-state index contributed by atoms with van der Waals surface area (Å²) in [6.45, 7) is 2.00. The minimum absolute atomic E-state index is 0.171. The van der Waals surface area contributed by atoms with Crippen LogP contribution in [0.25, 0.3) is 6.08 Å². The normalized spacial score (nSPS) is 12.4. The van der Waals surface area contributed by atoms with Crippen LogP contribution in [0.5, 0.6) is 0 Å². The van der Waals surface area contributed by atoms with Gasteiger partial charge in [-0.3, -0.25) is 14.3 Å². The molecule has 0 radical (unpaired) electrons. The Bertz CT molecular complexity index is 714. The third kappa shape index (κ3) is 5.14. The molecule has 2 rings (SSSR count). The molecule has 2 aromatic heterocycles. The number of aryl methyl sites for hydroxylation is 2. The number of carbonyl (C=O) groups excluding carboxylic acids is 2. The Morgan fingerprint density at radius 2 is 2.26 bits per heavy atom. The summed E-state index contributed by atoms with van der Waals surface area (Å²) in [6, 6.07) is 3.59. The molecule has 0 bridgehead atoms. The van der Waals surface area contributed by atoms with Gasteiger partial charge >= 0.3 is 0 Å². The van der Waals surface area contributed by atoms with Crippen molar-refractivity contribution in [2.24, 2.45) is 18.7 Å². The second-order valence-electron chi connectivity index (χ2n) is 5.35. The number of nitrogens with zero attached hydrogens (tertiary/aromatic N) is 2. The third-order valence-corrected chi connectivity index (χ3v) is 3.33. The number of nitrogens with one attached hydrogen (secondary N) is 1. The monoisotopic (exact) mass is 316 g/mol. The maximum absolute atomic E-state index is 11.8. The Morgan fingerprint density at radius 3 is 2.83 bits per heavy atom. The molecule has 2 amide bonds. The average molecular weight is 316 g/mol. The Labute approximate surface area is 134 Å². The highest BCUT2D eigenvalue weighted by Crippen LogP contribution is 2.08. The van der Waals surface area contributed by atoms with Crippen molar-refractivity contribution in [2.75, 3.05) is 6.54 Å². The molecule has 7 heteroatoms. The van der Waals surface area contributed by atoms with Gasteiger partial charge in [-0.05, 0) is 37.1 Å². The van der Waals surface area contributed by atoms with Gasteiger partial charge in [0.1, 0.15) is 11.5 Å². The predicted octanol–water partition coefficient (Wildman–Crippen LogP) is 0.795. The zero-order chi connectivity index (χ0) is 16.8. The highest BCUT2D eigenvalue weighted by molar-refractivity contribution is 5.91. The number of nitrogens with two attached hydrogens (primary N) is 1. The molecule has 0 aliphatic rings. The lowest BCUT2D eigenvalue weighted by atomic mass is 10.0. The molecule has 7 nitrogen and oxygen atoms in total. The van der Waals surface area contributed by atoms with E-state index in [1.165, 1.54) is 6.08 Å². The molecule has 0 aromatic carbocycles. The van der Waals surface area contributed by atoms with Gasteiger partial charge in [0.15, 0.2) is 0 Å². The number of hydrogen-bond donors (Lipinski definition) is 2. The molecular formula is C16H20N4O3. The summed E-state index contributed by atoms with van der Waals surface area (Å²) < 4.78 is 6.98. The van der Waals surface area contributed by atoms with Crippen molar-refractivity contribution in [3.05, 3.63) is 47.7 Å². The number of amides is 2. The summed E-state index contributed by atoms with van der Waals surface area (Å²) in [5.41, 5.74) is 6.29. The van der Waals surface area contributed by atoms with E-state index in [1.807, 2.05) is 19.2 Å². The maximum Gasteiger partial charge on any atom is 0.244 e. The summed E-state index contributed by atoms with van der Waals surface area (Å²) in [5, 5.41) is 6.72. The molecular weight excluding hydrogens is 296 g/mol. The van der Waals surface area contributed by atoms with Crippen molar-refractivity contribution in [1.29, 1.82) is 0 Å². The van der Waals surface area contributed by atoms with Crippen LogP contribution in [0.3, 0.4) is 0 Å². The molecule has 0 aliphatic heterocycles. The van der Waals surface area contributed by atoms with Crippen LogP contribution < -0.4 is 11.1 Å². The highest BCUT2D eigenvalue weighted by Gasteiger charge is 2.17. The van der Waals surface area contributed by atoms with Gasteiger partial charge in [-0.25, -0.2) is 0 Å². The van der Waals surface area contributed by atoms with E-state index in [-0.39, 0.29) is 12.5 Å². The van der Waals surface area contributed by atoms with Crippen molar-refractivity contribution in [3.8, 4) is 0 Å². The number of carbonyl (C=O) groups is 2. The molecule has 0 saturated carbocycles. The molecule has 122 valence electrons. The Morgan fingerprint density at radius 1 is 1.48 bits per heavy atom. The number of hydrogen-bond acceptors (Lipinski definition) is 4. The van der Waals surface area contributed by atoms with Gasteiger partial charge in [0.2, 0.25) is 11.8 Å². The molecule has 0 spiro atoms. The van der Waals surface area contributed by atoms with E-state index < -0.39 is 11.8 Å². The quantitative estimate of drug-likeness (QED) is 0.737. The van der Waals surface area contributed by atoms with Gasteiger partial charge in [0.05, 0.1) is 12.1 Å². The van der Waals surface area contributed by atoms with E-state index in [0.29, 0.717) is 12.2 Å². The maximum atomic E-state index is 11.8. The summed E-state index contributed by atoms with van der Waals surface area (Å²) in [4.78, 5) is 23.3. The Kier molecular flexibility index (Phi) is 5.35. The van der Waals surface area contributed by atoms with Crippen LogP contribution in [0.2, 0.25) is 0 Å². The summed E-state index contributed by atoms with van der Waals surface area (Å²) in [5.74, 6) is 0.119. The molecule has 0 fully saturated rings. The zero-order valence-corrected chi connectivity index (χ0v) is 13.2. The fourth-order valence-electron chi connectivity index (χ4n) is 2.12. The minimum Gasteiger partial charge on any atom is -0.462 e. The van der Waals surface area contributed by atoms with Crippen LogP contribution in [-0.4, -0.2) is 28.1 Å². The average Bonchev–Trinajstić information content (AvgIpc) is 3.09. The number of primary amides is 1. The van der Waals surface area contributed by atoms with Gasteiger partial charge < -0.3 is 15.5 Å². The lowest BCUT2D eigenvalue weighted by Gasteiger charge is -2.12. The number of rotatable bonds is 7. The Hall–Kier alpha value is -2.83. The molecule has 23 heavy (non-hydrogen) atoms. The van der Waals surface area contributed by atoms with Gasteiger partial charge in [-0.2, -0.15) is 5.10 Å². The van der Waals surface area contributed by atoms with Crippen LogP contribution in [0.15, 0.2) is 35.0 Å². The zero-order valence-electron chi connectivity index (χ0n) is 13.2. The summed E-state index contributed by atoms with van der Waals surface area (Å²) >= 11 is 0. The van der Waals surface area contributed by atoms with Crippen molar-refractivity contribution >= 4 is 17.9 Å². The summed E-state index contributed by atoms with van der Waals surface area (Å²) in [7, 11) is 1.80. The fraction of sp³-hybridized carbons (Fsp3) is 0.312. The molecule has 2 heterocycles. The highest BCUT2D eigenvalue weighted by atomic mass is 16.3. The van der Waals surface area contributed by atoms with E-state index >= 15 is 0 Å². The standard InChI is InChI=1S/C16H20N4O3/c1-11-3-4-14(23-11)5-6-15(21)18-9-13(16(17)22)7-12-8-19-20(2)10-12/h3-6,8,10,13H,7,9H2,1-2H3,(H2,17,22)(H,18,21)/b6-5+. The van der Waals surface area contributed by atoms with Crippen molar-refractivity contribution in [1.82, 2.24) is 15.1 Å². The minimum atomic E-state index is -0.484. The third-order valence-electron chi connectivity index (χ3n) is 3.33. The first-order valence-corrected chi connectivity index (χ1v) is 7.23. The molecule has 0 aliphatic carbocycles. The number of aromatic nitrogens is 2. The van der Waals surface area contributed by atoms with Crippen molar-refractivity contribution in [3.63, 3.8) is 0 Å². The molecule has 3 N–H and O–H groups in total. The van der Waals surface area contributed by atoms with Crippen LogP contribution >= 0.6 is 0 Å². The SMILES string of the molecule is Cc1ccc(/C=C/C(=O)NCC(Cc2cnn(C)c2)C(N)=O)o1. The van der Waals surface area contributed by atoms with Gasteiger partial charge in [-0.1, -0.05) is 0 Å². The lowest BCUT2D eigenvalue weighted by Crippen LogP contribution is -2.36. The molecule has 1 unspecified atom stereocenters. The van der Waals surface area contributed by atoms with E-state index in [9.17, 15) is 9.59 Å². The Balaban J connectivity index is 1.86. The first kappa shape index (κ1) is 16.5. The smallest absolute Gasteiger partial charge is 0.244 e. The van der Waals surface area contributed by atoms with Crippen LogP contribution in [0.4, 0.5) is 0 Å². The van der Waals surface area contributed by atoms with E-state index in [2.05, 4.69) is 10.4 Å². The van der Waals surface area contributed by atoms with E-state index in [0.717, 1.165) is 11.3 Å². The topological polar surface area (TPSA) is 103 Å². The molecule has 0 saturated heterocycles.